The average molecular weight is 604 g/mol. The van der Waals surface area contributed by atoms with Crippen LogP contribution in [0.4, 0.5) is 32.0 Å². The third kappa shape index (κ3) is 5.06. The lowest BCUT2D eigenvalue weighted by Gasteiger charge is -2.74. The van der Waals surface area contributed by atoms with Crippen molar-refractivity contribution in [2.24, 2.45) is 5.41 Å². The van der Waals surface area contributed by atoms with Gasteiger partial charge in [-0.05, 0) is 47.9 Å². The predicted molar refractivity (Wildman–Crippen MR) is 148 cm³/mol. The summed E-state index contributed by atoms with van der Waals surface area (Å²) < 4.78 is 86.4. The van der Waals surface area contributed by atoms with Crippen LogP contribution in [0.5, 0.6) is 0 Å². The van der Waals surface area contributed by atoms with Gasteiger partial charge in [-0.25, -0.2) is 0 Å². The number of rotatable bonds is 6. The molecule has 3 fully saturated rings. The molecule has 2 aliphatic heterocycles. The number of carbonyl (C=O) groups is 1. The number of nitrogens with zero attached hydrogens (tertiary/aromatic N) is 2. The van der Waals surface area contributed by atoms with Crippen LogP contribution >= 0.6 is 0 Å². The summed E-state index contributed by atoms with van der Waals surface area (Å²) in [6.07, 6.45) is -10.0. The number of benzene rings is 3. The smallest absolute Gasteiger partial charge is 0.371 e. The number of nitrogens with one attached hydrogen (secondary N) is 1. The van der Waals surface area contributed by atoms with E-state index >= 15 is 0 Å². The summed E-state index contributed by atoms with van der Waals surface area (Å²) in [5.41, 5.74) is -2.39. The average Bonchev–Trinajstić information content (AvgIpc) is 2.99. The molecule has 0 bridgehead atoms. The minimum Gasteiger partial charge on any atom is -0.371 e. The van der Waals surface area contributed by atoms with E-state index in [0.717, 1.165) is 11.3 Å². The molecule has 0 aromatic heterocycles. The highest BCUT2D eigenvalue weighted by molar-refractivity contribution is 5.86. The van der Waals surface area contributed by atoms with Crippen molar-refractivity contribution >= 4 is 11.6 Å². The van der Waals surface area contributed by atoms with Crippen LogP contribution in [0, 0.1) is 5.41 Å². The number of piperazine rings is 1. The quantitative estimate of drug-likeness (QED) is 0.339. The lowest BCUT2D eigenvalue weighted by molar-refractivity contribution is -0.258. The van der Waals surface area contributed by atoms with Crippen molar-refractivity contribution in [2.45, 2.75) is 50.0 Å². The normalized spacial score (nSPS) is 27.2. The van der Waals surface area contributed by atoms with Gasteiger partial charge in [0.1, 0.15) is 0 Å². The summed E-state index contributed by atoms with van der Waals surface area (Å²) in [7, 11) is 0. The molecule has 3 aromatic rings. The van der Waals surface area contributed by atoms with Gasteiger partial charge in [0.25, 0.3) is 0 Å². The molecule has 1 amide bonds. The van der Waals surface area contributed by atoms with Crippen LogP contribution in [0.3, 0.4) is 0 Å². The first-order chi connectivity index (χ1) is 20.3. The standard InChI is InChI=1S/C32H31F6N3O2/c1-29-19-26(43-20-21-16-23(31(33,34)35)18-24(17-21)32(36,37)38)30(29,22-8-4-2-5-9-22)39-27(29)28(42)41-14-12-40(13-15-41)25-10-6-3-7-11-25/h2-11,16-18,26-27,39H,12-15,19-20H2,1H3. The molecular weight excluding hydrogens is 572 g/mol. The van der Waals surface area contributed by atoms with Crippen molar-refractivity contribution in [3.63, 3.8) is 0 Å². The van der Waals surface area contributed by atoms with E-state index in [1.807, 2.05) is 72.5 Å². The highest BCUT2D eigenvalue weighted by Crippen LogP contribution is 2.66. The van der Waals surface area contributed by atoms with Crippen molar-refractivity contribution in [3.8, 4) is 0 Å². The number of piperidine rings is 1. The van der Waals surface area contributed by atoms with Crippen LogP contribution in [-0.2, 0) is 34.0 Å². The van der Waals surface area contributed by atoms with Crippen molar-refractivity contribution in [3.05, 3.63) is 101 Å². The molecule has 5 nitrogen and oxygen atoms in total. The first-order valence-corrected chi connectivity index (χ1v) is 14.1. The monoisotopic (exact) mass is 603 g/mol. The first-order valence-electron chi connectivity index (χ1n) is 14.1. The van der Waals surface area contributed by atoms with Gasteiger partial charge >= 0.3 is 12.4 Å². The number of carbonyl (C=O) groups excluding carboxylic acids is 1. The van der Waals surface area contributed by atoms with Gasteiger partial charge in [0.2, 0.25) is 5.91 Å². The fourth-order valence-electron chi connectivity index (χ4n) is 6.97. The Morgan fingerprint density at radius 2 is 1.42 bits per heavy atom. The minimum absolute atomic E-state index is 0.0204. The molecule has 1 saturated carbocycles. The molecule has 6 rings (SSSR count). The van der Waals surface area contributed by atoms with Gasteiger partial charge in [0.05, 0.1) is 35.4 Å². The number of hydrogen-bond donors (Lipinski definition) is 1. The van der Waals surface area contributed by atoms with E-state index in [2.05, 4.69) is 10.2 Å². The van der Waals surface area contributed by atoms with Gasteiger partial charge in [0, 0.05) is 37.3 Å². The SMILES string of the molecule is CC12CC(OCc3cc(C(F)(F)F)cc(C(F)(F)F)c3)C1(c1ccccc1)NC2C(=O)N1CCN(c2ccccc2)CC1. The summed E-state index contributed by atoms with van der Waals surface area (Å²) in [6.45, 7) is 4.08. The van der Waals surface area contributed by atoms with Crippen LogP contribution in [-0.4, -0.2) is 49.1 Å². The van der Waals surface area contributed by atoms with E-state index in [9.17, 15) is 31.1 Å². The Kier molecular flexibility index (Phi) is 7.24. The lowest BCUT2D eigenvalue weighted by atomic mass is 9.42. The van der Waals surface area contributed by atoms with Gasteiger partial charge in [-0.2, -0.15) is 26.3 Å². The van der Waals surface area contributed by atoms with E-state index in [1.165, 1.54) is 0 Å². The third-order valence-corrected chi connectivity index (χ3v) is 9.29. The maximum absolute atomic E-state index is 13.7. The largest absolute Gasteiger partial charge is 0.416 e. The highest BCUT2D eigenvalue weighted by atomic mass is 19.4. The molecule has 4 atom stereocenters. The van der Waals surface area contributed by atoms with E-state index in [4.69, 9.17) is 4.74 Å². The molecule has 11 heteroatoms. The van der Waals surface area contributed by atoms with Crippen LogP contribution in [0.1, 0.15) is 35.6 Å². The van der Waals surface area contributed by atoms with E-state index in [0.29, 0.717) is 44.7 Å². The number of para-hydroxylation sites is 1. The van der Waals surface area contributed by atoms with Crippen LogP contribution in [0.15, 0.2) is 78.9 Å². The van der Waals surface area contributed by atoms with E-state index in [1.54, 1.807) is 0 Å². The van der Waals surface area contributed by atoms with Gasteiger partial charge < -0.3 is 14.5 Å². The number of halogens is 6. The lowest BCUT2D eigenvalue weighted by Crippen LogP contribution is -2.89. The number of anilines is 1. The fraction of sp³-hybridized carbons (Fsp3) is 0.406. The second kappa shape index (κ2) is 10.6. The topological polar surface area (TPSA) is 44.8 Å². The van der Waals surface area contributed by atoms with Crippen molar-refractivity contribution in [1.29, 1.82) is 0 Å². The van der Waals surface area contributed by atoms with E-state index in [-0.39, 0.29) is 17.5 Å². The third-order valence-electron chi connectivity index (χ3n) is 9.29. The van der Waals surface area contributed by atoms with Crippen molar-refractivity contribution in [2.75, 3.05) is 31.1 Å². The van der Waals surface area contributed by atoms with Gasteiger partial charge in [-0.15, -0.1) is 0 Å². The summed E-state index contributed by atoms with van der Waals surface area (Å²) in [6, 6.07) is 20.3. The molecular formula is C32H31F6N3O2. The highest BCUT2D eigenvalue weighted by Gasteiger charge is 2.77. The number of hydrogen-bond acceptors (Lipinski definition) is 4. The molecule has 4 unspecified atom stereocenters. The Morgan fingerprint density at radius 3 is 1.95 bits per heavy atom. The van der Waals surface area contributed by atoms with Crippen LogP contribution in [0.2, 0.25) is 0 Å². The molecule has 2 saturated heterocycles. The Labute approximate surface area is 245 Å². The summed E-state index contributed by atoms with van der Waals surface area (Å²) in [5, 5.41) is 3.46. The molecule has 1 aliphatic carbocycles. The number of alkyl halides is 6. The van der Waals surface area contributed by atoms with Crippen molar-refractivity contribution in [1.82, 2.24) is 10.2 Å². The zero-order chi connectivity index (χ0) is 30.6. The Balaban J connectivity index is 1.19. The maximum Gasteiger partial charge on any atom is 0.416 e. The van der Waals surface area contributed by atoms with Crippen LogP contribution in [0.25, 0.3) is 0 Å². The number of ether oxygens (including phenoxy) is 1. The van der Waals surface area contributed by atoms with Gasteiger partial charge in [-0.3, -0.25) is 10.1 Å². The first kappa shape index (κ1) is 29.5. The second-order valence-corrected chi connectivity index (χ2v) is 11.7. The van der Waals surface area contributed by atoms with Gasteiger partial charge in [-0.1, -0.05) is 55.5 Å². The molecule has 228 valence electrons. The summed E-state index contributed by atoms with van der Waals surface area (Å²) in [5.74, 6) is -0.0204. The zero-order valence-electron chi connectivity index (χ0n) is 23.4. The fourth-order valence-corrected chi connectivity index (χ4v) is 6.97. The molecule has 2 heterocycles. The van der Waals surface area contributed by atoms with Crippen molar-refractivity contribution < 1.29 is 35.9 Å². The molecule has 0 spiro atoms. The molecule has 43 heavy (non-hydrogen) atoms. The molecule has 3 aromatic carbocycles. The molecule has 3 aliphatic rings. The maximum atomic E-state index is 13.7. The Hall–Kier alpha value is -3.57. The zero-order valence-corrected chi connectivity index (χ0v) is 23.4. The molecule has 0 radical (unpaired) electrons. The molecule has 1 N–H and O–H groups in total. The van der Waals surface area contributed by atoms with E-state index < -0.39 is 53.2 Å². The minimum atomic E-state index is -4.94. The second-order valence-electron chi connectivity index (χ2n) is 11.7. The summed E-state index contributed by atoms with van der Waals surface area (Å²) in [4.78, 5) is 17.8. The van der Waals surface area contributed by atoms with Crippen LogP contribution < -0.4 is 10.2 Å². The van der Waals surface area contributed by atoms with Gasteiger partial charge in [0.15, 0.2) is 0 Å². The summed E-state index contributed by atoms with van der Waals surface area (Å²) >= 11 is 0. The number of fused-ring (bicyclic) bond motifs is 1. The Morgan fingerprint density at radius 1 is 0.860 bits per heavy atom. The Bertz CT molecular complexity index is 1440. The predicted octanol–water partition coefficient (Wildman–Crippen LogP) is 6.24. The number of amides is 1.